The molecule has 0 saturated carbocycles. The van der Waals surface area contributed by atoms with E-state index in [1.807, 2.05) is 13.0 Å². The van der Waals surface area contributed by atoms with Gasteiger partial charge in [-0.1, -0.05) is 22.9 Å². The van der Waals surface area contributed by atoms with Crippen LogP contribution in [-0.4, -0.2) is 27.9 Å². The highest BCUT2D eigenvalue weighted by atomic mass is 79.9. The number of amides is 2. The molecule has 3 rings (SSSR count). The lowest BCUT2D eigenvalue weighted by molar-refractivity contribution is -0.384. The maximum atomic E-state index is 12.8. The standard InChI is InChI=1S/C17H15BrN4O4/c1-2-15-19-14-8-5-11(18)9-13(14)17(24)21(15)20-16(23)10-3-6-12(7-4-10)22(25)26/h3-9,15,19H,2H2,1H3,(H,20,23). The zero-order chi connectivity index (χ0) is 18.8. The van der Waals surface area contributed by atoms with Crippen molar-refractivity contribution in [3.8, 4) is 0 Å². The minimum Gasteiger partial charge on any atom is -0.363 e. The van der Waals surface area contributed by atoms with E-state index in [0.29, 0.717) is 17.7 Å². The van der Waals surface area contributed by atoms with E-state index < -0.39 is 17.0 Å². The van der Waals surface area contributed by atoms with E-state index in [-0.39, 0.29) is 17.2 Å². The van der Waals surface area contributed by atoms with E-state index in [2.05, 4.69) is 26.7 Å². The fraction of sp³-hybridized carbons (Fsp3) is 0.176. The molecule has 2 aromatic rings. The average Bonchev–Trinajstić information content (AvgIpc) is 2.64. The van der Waals surface area contributed by atoms with Crippen LogP contribution < -0.4 is 10.7 Å². The van der Waals surface area contributed by atoms with Gasteiger partial charge in [0.05, 0.1) is 10.5 Å². The Morgan fingerprint density at radius 3 is 2.62 bits per heavy atom. The topological polar surface area (TPSA) is 105 Å². The number of nitro groups is 1. The van der Waals surface area contributed by atoms with Crippen LogP contribution in [0.25, 0.3) is 0 Å². The van der Waals surface area contributed by atoms with E-state index in [1.54, 1.807) is 12.1 Å². The molecule has 0 aliphatic carbocycles. The van der Waals surface area contributed by atoms with Crippen LogP contribution >= 0.6 is 15.9 Å². The van der Waals surface area contributed by atoms with Crippen LogP contribution in [0.4, 0.5) is 11.4 Å². The third-order valence-corrected chi connectivity index (χ3v) is 4.51. The summed E-state index contributed by atoms with van der Waals surface area (Å²) in [5, 5.41) is 15.2. The van der Waals surface area contributed by atoms with Crippen LogP contribution in [0.2, 0.25) is 0 Å². The smallest absolute Gasteiger partial charge is 0.276 e. The van der Waals surface area contributed by atoms with Gasteiger partial charge in [-0.25, -0.2) is 5.01 Å². The van der Waals surface area contributed by atoms with Crippen LogP contribution in [0.3, 0.4) is 0 Å². The molecule has 1 unspecified atom stereocenters. The van der Waals surface area contributed by atoms with Crippen molar-refractivity contribution in [2.45, 2.75) is 19.5 Å². The van der Waals surface area contributed by atoms with Gasteiger partial charge in [-0.15, -0.1) is 0 Å². The normalized spacial score (nSPS) is 15.8. The number of nitrogens with zero attached hydrogens (tertiary/aromatic N) is 2. The molecule has 9 heteroatoms. The molecule has 26 heavy (non-hydrogen) atoms. The predicted octanol–water partition coefficient (Wildman–Crippen LogP) is 3.31. The minimum absolute atomic E-state index is 0.109. The Balaban J connectivity index is 1.84. The van der Waals surface area contributed by atoms with Crippen molar-refractivity contribution >= 4 is 39.1 Å². The number of carbonyl (C=O) groups excluding carboxylic acids is 2. The molecule has 8 nitrogen and oxygen atoms in total. The SMILES string of the molecule is CCC1Nc2ccc(Br)cc2C(=O)N1NC(=O)c1ccc([N+](=O)[O-])cc1. The summed E-state index contributed by atoms with van der Waals surface area (Å²) in [6, 6.07) is 10.5. The van der Waals surface area contributed by atoms with E-state index in [1.165, 1.54) is 29.3 Å². The van der Waals surface area contributed by atoms with Crippen LogP contribution in [0, 0.1) is 10.1 Å². The highest BCUT2D eigenvalue weighted by molar-refractivity contribution is 9.10. The molecule has 1 heterocycles. The Labute approximate surface area is 157 Å². The van der Waals surface area contributed by atoms with E-state index in [0.717, 1.165) is 4.47 Å². The van der Waals surface area contributed by atoms with E-state index in [9.17, 15) is 19.7 Å². The van der Waals surface area contributed by atoms with Gasteiger partial charge in [0.25, 0.3) is 17.5 Å². The molecule has 0 saturated heterocycles. The lowest BCUT2D eigenvalue weighted by Crippen LogP contribution is -2.57. The molecule has 0 bridgehead atoms. The fourth-order valence-electron chi connectivity index (χ4n) is 2.66. The largest absolute Gasteiger partial charge is 0.363 e. The highest BCUT2D eigenvalue weighted by Crippen LogP contribution is 2.28. The van der Waals surface area contributed by atoms with Crippen LogP contribution in [-0.2, 0) is 0 Å². The molecule has 0 radical (unpaired) electrons. The zero-order valence-electron chi connectivity index (χ0n) is 13.7. The lowest BCUT2D eigenvalue weighted by Gasteiger charge is -2.37. The van der Waals surface area contributed by atoms with Gasteiger partial charge in [0.2, 0.25) is 0 Å². The first kappa shape index (κ1) is 17.9. The second kappa shape index (κ2) is 7.12. The van der Waals surface area contributed by atoms with Crippen molar-refractivity contribution in [3.63, 3.8) is 0 Å². The van der Waals surface area contributed by atoms with Gasteiger partial charge >= 0.3 is 0 Å². The van der Waals surface area contributed by atoms with Crippen molar-refractivity contribution in [1.29, 1.82) is 0 Å². The molecular weight excluding hydrogens is 404 g/mol. The first-order valence-corrected chi connectivity index (χ1v) is 8.65. The quantitative estimate of drug-likeness (QED) is 0.585. The summed E-state index contributed by atoms with van der Waals surface area (Å²) in [6.45, 7) is 1.89. The second-order valence-corrected chi connectivity index (χ2v) is 6.59. The first-order chi connectivity index (χ1) is 12.4. The molecule has 2 aromatic carbocycles. The Hall–Kier alpha value is -2.94. The number of fused-ring (bicyclic) bond motifs is 1. The number of nitro benzene ring substituents is 1. The number of hydrazine groups is 1. The third-order valence-electron chi connectivity index (χ3n) is 4.01. The molecule has 1 aliphatic heterocycles. The van der Waals surface area contributed by atoms with Gasteiger partial charge in [0.1, 0.15) is 6.17 Å². The number of non-ortho nitro benzene ring substituents is 1. The van der Waals surface area contributed by atoms with E-state index >= 15 is 0 Å². The number of anilines is 1. The second-order valence-electron chi connectivity index (χ2n) is 5.68. The molecule has 2 N–H and O–H groups in total. The molecule has 0 spiro atoms. The number of nitrogens with one attached hydrogen (secondary N) is 2. The minimum atomic E-state index is -0.540. The van der Waals surface area contributed by atoms with Gasteiger partial charge in [-0.2, -0.15) is 0 Å². The van der Waals surface area contributed by atoms with Gasteiger partial charge in [-0.05, 0) is 36.8 Å². The van der Waals surface area contributed by atoms with Crippen LogP contribution in [0.1, 0.15) is 34.1 Å². The Morgan fingerprint density at radius 1 is 1.31 bits per heavy atom. The van der Waals surface area contributed by atoms with Crippen molar-refractivity contribution in [2.75, 3.05) is 5.32 Å². The molecular formula is C17H15BrN4O4. The molecule has 0 fully saturated rings. The number of hydrogen-bond acceptors (Lipinski definition) is 5. The summed E-state index contributed by atoms with van der Waals surface area (Å²) >= 11 is 3.34. The first-order valence-electron chi connectivity index (χ1n) is 7.85. The summed E-state index contributed by atoms with van der Waals surface area (Å²) in [5.41, 5.74) is 3.84. The molecule has 134 valence electrons. The molecule has 1 atom stereocenters. The lowest BCUT2D eigenvalue weighted by atomic mass is 10.1. The van der Waals surface area contributed by atoms with Crippen LogP contribution in [0.15, 0.2) is 46.9 Å². The Morgan fingerprint density at radius 2 is 2.00 bits per heavy atom. The summed E-state index contributed by atoms with van der Waals surface area (Å²) in [5.74, 6) is -0.853. The maximum Gasteiger partial charge on any atom is 0.276 e. The van der Waals surface area contributed by atoms with Gasteiger partial charge in [-0.3, -0.25) is 25.1 Å². The summed E-state index contributed by atoms with van der Waals surface area (Å²) in [4.78, 5) is 35.4. The summed E-state index contributed by atoms with van der Waals surface area (Å²) in [7, 11) is 0. The van der Waals surface area contributed by atoms with Crippen molar-refractivity contribution in [2.24, 2.45) is 0 Å². The van der Waals surface area contributed by atoms with Crippen molar-refractivity contribution in [3.05, 3.63) is 68.2 Å². The zero-order valence-corrected chi connectivity index (χ0v) is 15.3. The Kier molecular flexibility index (Phi) is 4.90. The highest BCUT2D eigenvalue weighted by Gasteiger charge is 2.32. The summed E-state index contributed by atoms with van der Waals surface area (Å²) in [6.07, 6.45) is 0.167. The van der Waals surface area contributed by atoms with Gasteiger partial charge in [0.15, 0.2) is 0 Å². The monoisotopic (exact) mass is 418 g/mol. The number of rotatable bonds is 4. The average molecular weight is 419 g/mol. The molecule has 2 amide bonds. The van der Waals surface area contributed by atoms with Crippen LogP contribution in [0.5, 0.6) is 0 Å². The number of benzene rings is 2. The van der Waals surface area contributed by atoms with Gasteiger partial charge in [0, 0.05) is 27.9 Å². The summed E-state index contributed by atoms with van der Waals surface area (Å²) < 4.78 is 0.753. The Bertz CT molecular complexity index is 885. The van der Waals surface area contributed by atoms with Gasteiger partial charge < -0.3 is 5.32 Å². The maximum absolute atomic E-state index is 12.8. The number of halogens is 1. The fourth-order valence-corrected chi connectivity index (χ4v) is 3.02. The third kappa shape index (κ3) is 3.38. The van der Waals surface area contributed by atoms with E-state index in [4.69, 9.17) is 0 Å². The molecule has 0 aromatic heterocycles. The van der Waals surface area contributed by atoms with Crippen molar-refractivity contribution < 1.29 is 14.5 Å². The number of hydrogen-bond donors (Lipinski definition) is 2. The predicted molar refractivity (Wildman–Crippen MR) is 98.6 cm³/mol. The molecule has 1 aliphatic rings. The number of carbonyl (C=O) groups is 2. The van der Waals surface area contributed by atoms with Crippen molar-refractivity contribution in [1.82, 2.24) is 10.4 Å².